The quantitative estimate of drug-likeness (QED) is 0.0571. The van der Waals surface area contributed by atoms with E-state index in [1.165, 1.54) is 65.7 Å². The molecule has 0 bridgehead atoms. The maximum atomic E-state index is 11.7. The van der Waals surface area contributed by atoms with Crippen molar-refractivity contribution in [3.05, 3.63) is 102 Å². The number of aromatic nitrogens is 1. The zero-order chi connectivity index (χ0) is 36.8. The van der Waals surface area contributed by atoms with Gasteiger partial charge in [-0.1, -0.05) is 128 Å². The van der Waals surface area contributed by atoms with Crippen LogP contribution in [0.2, 0.25) is 0 Å². The van der Waals surface area contributed by atoms with Gasteiger partial charge in [0.15, 0.2) is 5.78 Å². The van der Waals surface area contributed by atoms with Crippen molar-refractivity contribution in [2.75, 3.05) is 0 Å². The average Bonchev–Trinajstić information content (AvgIpc) is 3.10. The Morgan fingerprint density at radius 3 is 1.90 bits per heavy atom. The van der Waals surface area contributed by atoms with Crippen LogP contribution in [0.5, 0.6) is 0 Å². The molecule has 1 N–H and O–H groups in total. The van der Waals surface area contributed by atoms with E-state index in [1.54, 1.807) is 0 Å². The van der Waals surface area contributed by atoms with Gasteiger partial charge in [-0.05, 0) is 97.5 Å². The predicted octanol–water partition coefficient (Wildman–Crippen LogP) is 13.7. The van der Waals surface area contributed by atoms with Crippen molar-refractivity contribution in [3.8, 4) is 0 Å². The molecule has 0 aliphatic heterocycles. The van der Waals surface area contributed by atoms with E-state index in [0.29, 0.717) is 0 Å². The Hall–Kier alpha value is -3.85. The maximum absolute atomic E-state index is 11.7. The van der Waals surface area contributed by atoms with E-state index in [4.69, 9.17) is 4.98 Å². The molecular formula is C48H54IrNO2-. The first kappa shape index (κ1) is 39.4. The zero-order valence-electron chi connectivity index (χ0n) is 32.6. The fourth-order valence-corrected chi connectivity index (χ4v) is 7.71. The summed E-state index contributed by atoms with van der Waals surface area (Å²) in [6.07, 6.45) is 6.88. The minimum Gasteiger partial charge on any atom is -0.512 e. The average molecular weight is 869 g/mol. The summed E-state index contributed by atoms with van der Waals surface area (Å²) in [5, 5.41) is 23.6. The number of aliphatic hydroxyl groups excluding tert-OH is 1. The van der Waals surface area contributed by atoms with E-state index in [-0.39, 0.29) is 54.3 Å². The molecule has 273 valence electrons. The van der Waals surface area contributed by atoms with E-state index in [0.717, 1.165) is 42.0 Å². The van der Waals surface area contributed by atoms with E-state index in [2.05, 4.69) is 114 Å². The first-order chi connectivity index (χ1) is 24.2. The standard InChI is InChI=1S/C35H30N.C13H24O2.Ir/c1-34(2,3)22-11-12-24-25-13-14-36-33-30-16-21-10-8-7-9-20(21)15-26(30)28-18-23(35(4,5)6)19-29(27(24)17-22)31(28)32(25)33;1-5-10(6-2)12(14)9-13(15)11(7-3)8-4;/h7-15,17-19H,1-6H3;9-11,14H,5-8H2,1-4H3;/q-1;;/b;12-9-;. The maximum Gasteiger partial charge on any atom is 0.162 e. The molecule has 0 unspecified atom stereocenters. The molecule has 0 saturated heterocycles. The summed E-state index contributed by atoms with van der Waals surface area (Å²) in [5.41, 5.74) is 3.89. The van der Waals surface area contributed by atoms with Crippen LogP contribution in [-0.4, -0.2) is 15.9 Å². The third-order valence-corrected chi connectivity index (χ3v) is 11.1. The second kappa shape index (κ2) is 15.2. The number of pyridine rings is 1. The molecule has 1 heterocycles. The van der Waals surface area contributed by atoms with Crippen LogP contribution in [0.25, 0.3) is 64.8 Å². The smallest absolute Gasteiger partial charge is 0.162 e. The molecule has 0 spiro atoms. The van der Waals surface area contributed by atoms with Crippen LogP contribution in [0.4, 0.5) is 0 Å². The van der Waals surface area contributed by atoms with Crippen LogP contribution in [0, 0.1) is 17.9 Å². The van der Waals surface area contributed by atoms with Crippen LogP contribution in [-0.2, 0) is 35.7 Å². The molecule has 52 heavy (non-hydrogen) atoms. The second-order valence-electron chi connectivity index (χ2n) is 16.4. The largest absolute Gasteiger partial charge is 0.512 e. The number of hydrogen-bond acceptors (Lipinski definition) is 3. The van der Waals surface area contributed by atoms with Crippen molar-refractivity contribution in [2.45, 2.75) is 106 Å². The van der Waals surface area contributed by atoms with Crippen LogP contribution in [0.1, 0.15) is 106 Å². The van der Waals surface area contributed by atoms with Gasteiger partial charge in [0, 0.05) is 49.7 Å². The van der Waals surface area contributed by atoms with Crippen LogP contribution in [0.3, 0.4) is 0 Å². The Balaban J connectivity index is 0.000000280. The van der Waals surface area contributed by atoms with Gasteiger partial charge < -0.3 is 5.11 Å². The summed E-state index contributed by atoms with van der Waals surface area (Å²) >= 11 is 0. The van der Waals surface area contributed by atoms with Crippen molar-refractivity contribution in [2.24, 2.45) is 11.8 Å². The Bertz CT molecular complexity index is 2420. The zero-order valence-corrected chi connectivity index (χ0v) is 35.0. The molecule has 7 aromatic rings. The number of rotatable bonds is 7. The topological polar surface area (TPSA) is 50.2 Å². The summed E-state index contributed by atoms with van der Waals surface area (Å²) in [4.78, 5) is 16.7. The minimum atomic E-state index is 0. The molecule has 0 amide bonds. The van der Waals surface area contributed by atoms with Gasteiger partial charge in [-0.3, -0.25) is 9.78 Å². The minimum absolute atomic E-state index is 0. The number of aliphatic hydroxyl groups is 1. The monoisotopic (exact) mass is 869 g/mol. The third kappa shape index (κ3) is 7.22. The predicted molar refractivity (Wildman–Crippen MR) is 221 cm³/mol. The molecule has 7 rings (SSSR count). The Labute approximate surface area is 323 Å². The SMILES string of the molecule is CC(C)(C)c1ccc2c(c1)c1cc(C(C)(C)C)cc3c4cc5ccccc5[c-]c4c4nccc2c4c31.CCC(CC)C(=O)/C=C(\O)C(CC)CC.[Ir]. The molecule has 4 heteroatoms. The van der Waals surface area contributed by atoms with Gasteiger partial charge in [0.2, 0.25) is 0 Å². The molecule has 6 aromatic carbocycles. The molecule has 0 saturated carbocycles. The first-order valence-corrected chi connectivity index (χ1v) is 18.9. The van der Waals surface area contributed by atoms with Crippen molar-refractivity contribution in [3.63, 3.8) is 0 Å². The number of benzene rings is 6. The molecule has 1 aromatic heterocycles. The number of carbonyl (C=O) groups is 1. The fourth-order valence-electron chi connectivity index (χ4n) is 7.71. The fraction of sp³-hybridized carbons (Fsp3) is 0.375. The molecular weight excluding hydrogens is 815 g/mol. The van der Waals surface area contributed by atoms with Crippen LogP contribution >= 0.6 is 0 Å². The van der Waals surface area contributed by atoms with Crippen molar-refractivity contribution in [1.82, 2.24) is 4.98 Å². The molecule has 0 aliphatic carbocycles. The normalized spacial score (nSPS) is 12.8. The van der Waals surface area contributed by atoms with Gasteiger partial charge >= 0.3 is 0 Å². The third-order valence-electron chi connectivity index (χ3n) is 11.1. The van der Waals surface area contributed by atoms with Gasteiger partial charge in [0.25, 0.3) is 0 Å². The van der Waals surface area contributed by atoms with Gasteiger partial charge in [0.1, 0.15) is 0 Å². The summed E-state index contributed by atoms with van der Waals surface area (Å²) in [6, 6.07) is 28.8. The number of carbonyl (C=O) groups excluding carboxylic acids is 1. The Morgan fingerprint density at radius 1 is 0.692 bits per heavy atom. The molecule has 0 aliphatic rings. The summed E-state index contributed by atoms with van der Waals surface area (Å²) in [6.45, 7) is 21.9. The van der Waals surface area contributed by atoms with Gasteiger partial charge in [0.05, 0.1) is 5.76 Å². The van der Waals surface area contributed by atoms with Crippen LogP contribution < -0.4 is 0 Å². The van der Waals surface area contributed by atoms with Crippen molar-refractivity contribution >= 4 is 70.5 Å². The molecule has 3 nitrogen and oxygen atoms in total. The van der Waals surface area contributed by atoms with E-state index < -0.39 is 0 Å². The van der Waals surface area contributed by atoms with Crippen LogP contribution in [0.15, 0.2) is 84.8 Å². The van der Waals surface area contributed by atoms with Gasteiger partial charge in [-0.15, -0.1) is 23.6 Å². The summed E-state index contributed by atoms with van der Waals surface area (Å²) in [5.74, 6) is 0.547. The molecule has 1 radical (unpaired) electrons. The second-order valence-corrected chi connectivity index (χ2v) is 16.4. The van der Waals surface area contributed by atoms with Crippen molar-refractivity contribution in [1.29, 1.82) is 0 Å². The Morgan fingerprint density at radius 2 is 1.29 bits per heavy atom. The number of hydrogen-bond donors (Lipinski definition) is 1. The van der Waals surface area contributed by atoms with Gasteiger partial charge in [-0.2, -0.15) is 0 Å². The van der Waals surface area contributed by atoms with Crippen molar-refractivity contribution < 1.29 is 30.0 Å². The number of allylic oxidation sites excluding steroid dienone is 2. The summed E-state index contributed by atoms with van der Waals surface area (Å²) in [7, 11) is 0. The first-order valence-electron chi connectivity index (χ1n) is 18.9. The van der Waals surface area contributed by atoms with E-state index in [9.17, 15) is 9.90 Å². The number of nitrogens with zero attached hydrogens (tertiary/aromatic N) is 1. The number of fused-ring (bicyclic) bond motifs is 7. The van der Waals surface area contributed by atoms with Gasteiger partial charge in [-0.25, -0.2) is 0 Å². The van der Waals surface area contributed by atoms with E-state index in [1.807, 2.05) is 33.9 Å². The van der Waals surface area contributed by atoms with E-state index >= 15 is 0 Å². The Kier molecular flexibility index (Phi) is 11.5. The molecule has 0 atom stereocenters. The summed E-state index contributed by atoms with van der Waals surface area (Å²) < 4.78 is 0. The molecule has 0 fully saturated rings. The number of ketones is 1.